The average Bonchev–Trinajstić information content (AvgIpc) is 3.02. The second kappa shape index (κ2) is 9.80. The Morgan fingerprint density at radius 1 is 1.14 bits per heavy atom. The van der Waals surface area contributed by atoms with E-state index in [2.05, 4.69) is 12.2 Å². The number of likely N-dealkylation sites (tertiary alicyclic amines) is 1. The van der Waals surface area contributed by atoms with Crippen LogP contribution in [-0.2, 0) is 14.8 Å². The van der Waals surface area contributed by atoms with Gasteiger partial charge in [0.2, 0.25) is 15.9 Å². The van der Waals surface area contributed by atoms with Gasteiger partial charge in [0, 0.05) is 26.2 Å². The minimum atomic E-state index is -3.56. The number of methoxy groups -OCH3 is 1. The van der Waals surface area contributed by atoms with Crippen LogP contribution in [0.5, 0.6) is 5.75 Å². The van der Waals surface area contributed by atoms with Gasteiger partial charge in [-0.05, 0) is 49.8 Å². The molecule has 0 radical (unpaired) electrons. The van der Waals surface area contributed by atoms with Crippen molar-refractivity contribution in [3.8, 4) is 5.75 Å². The lowest BCUT2D eigenvalue weighted by Crippen LogP contribution is -2.42. The highest BCUT2D eigenvalue weighted by Gasteiger charge is 2.26. The molecule has 7 nitrogen and oxygen atoms in total. The van der Waals surface area contributed by atoms with Crippen molar-refractivity contribution in [2.75, 3.05) is 45.2 Å². The summed E-state index contributed by atoms with van der Waals surface area (Å²) in [7, 11) is -2.02. The number of amides is 1. The van der Waals surface area contributed by atoms with E-state index in [9.17, 15) is 13.2 Å². The van der Waals surface area contributed by atoms with E-state index in [1.807, 2.05) is 4.90 Å². The zero-order valence-corrected chi connectivity index (χ0v) is 18.3. The lowest BCUT2D eigenvalue weighted by molar-refractivity contribution is -0.130. The Balaban J connectivity index is 1.73. The molecular formula is C21H33N3O4S. The summed E-state index contributed by atoms with van der Waals surface area (Å²) in [6.45, 7) is 4.96. The van der Waals surface area contributed by atoms with Gasteiger partial charge in [-0.2, -0.15) is 4.31 Å². The zero-order valence-electron chi connectivity index (χ0n) is 17.5. The molecular weight excluding hydrogens is 390 g/mol. The van der Waals surface area contributed by atoms with E-state index < -0.39 is 10.0 Å². The van der Waals surface area contributed by atoms with E-state index in [-0.39, 0.29) is 17.3 Å². The summed E-state index contributed by atoms with van der Waals surface area (Å²) < 4.78 is 33.1. The van der Waals surface area contributed by atoms with Crippen molar-refractivity contribution in [1.29, 1.82) is 0 Å². The van der Waals surface area contributed by atoms with E-state index in [1.54, 1.807) is 22.5 Å². The first kappa shape index (κ1) is 21.9. The first-order valence-corrected chi connectivity index (χ1v) is 12.1. The molecule has 1 unspecified atom stereocenters. The molecule has 0 bridgehead atoms. The number of hydrogen-bond donors (Lipinski definition) is 1. The molecule has 3 rings (SSSR count). The van der Waals surface area contributed by atoms with Crippen LogP contribution in [-0.4, -0.2) is 63.4 Å². The fraction of sp³-hybridized carbons (Fsp3) is 0.667. The molecule has 0 aromatic heterocycles. The summed E-state index contributed by atoms with van der Waals surface area (Å²) in [5, 5.41) is 3.10. The minimum absolute atomic E-state index is 0.0272. The SMILES string of the molecule is COc1ccc(S(=O)(=O)N2CCCCCC2)cc1NCC(=O)N1CCCC(C)C1. The van der Waals surface area contributed by atoms with Crippen LogP contribution in [0.1, 0.15) is 45.4 Å². The van der Waals surface area contributed by atoms with E-state index >= 15 is 0 Å². The maximum Gasteiger partial charge on any atom is 0.243 e. The Morgan fingerprint density at radius 3 is 2.52 bits per heavy atom. The van der Waals surface area contributed by atoms with Crippen molar-refractivity contribution < 1.29 is 17.9 Å². The number of carbonyl (C=O) groups is 1. The van der Waals surface area contributed by atoms with Gasteiger partial charge in [0.05, 0.1) is 24.2 Å². The fourth-order valence-corrected chi connectivity index (χ4v) is 5.66. The Labute approximate surface area is 174 Å². The molecule has 0 saturated carbocycles. The highest BCUT2D eigenvalue weighted by molar-refractivity contribution is 7.89. The van der Waals surface area contributed by atoms with Crippen molar-refractivity contribution in [2.45, 2.75) is 50.3 Å². The predicted molar refractivity (Wildman–Crippen MR) is 114 cm³/mol. The number of carbonyl (C=O) groups excluding carboxylic acids is 1. The van der Waals surface area contributed by atoms with Gasteiger partial charge in [0.15, 0.2) is 0 Å². The van der Waals surface area contributed by atoms with Crippen LogP contribution in [0.2, 0.25) is 0 Å². The van der Waals surface area contributed by atoms with E-state index in [1.165, 1.54) is 7.11 Å². The third-order valence-electron chi connectivity index (χ3n) is 5.81. The largest absolute Gasteiger partial charge is 0.495 e. The van der Waals surface area contributed by atoms with Crippen LogP contribution >= 0.6 is 0 Å². The van der Waals surface area contributed by atoms with Crippen LogP contribution in [0.25, 0.3) is 0 Å². The molecule has 2 aliphatic rings. The van der Waals surface area contributed by atoms with Crippen molar-refractivity contribution >= 4 is 21.6 Å². The number of nitrogens with one attached hydrogen (secondary N) is 1. The molecule has 1 aromatic carbocycles. The lowest BCUT2D eigenvalue weighted by atomic mass is 10.0. The smallest absolute Gasteiger partial charge is 0.243 e. The second-order valence-electron chi connectivity index (χ2n) is 8.12. The third kappa shape index (κ3) is 5.42. The molecule has 1 aromatic rings. The number of ether oxygens (including phenoxy) is 1. The van der Waals surface area contributed by atoms with Gasteiger partial charge in [0.1, 0.15) is 5.75 Å². The highest BCUT2D eigenvalue weighted by Crippen LogP contribution is 2.30. The molecule has 162 valence electrons. The number of sulfonamides is 1. The Kier molecular flexibility index (Phi) is 7.40. The molecule has 2 aliphatic heterocycles. The van der Waals surface area contributed by atoms with Crippen LogP contribution in [0.15, 0.2) is 23.1 Å². The molecule has 0 spiro atoms. The van der Waals surface area contributed by atoms with Gasteiger partial charge in [-0.1, -0.05) is 19.8 Å². The van der Waals surface area contributed by atoms with Gasteiger partial charge >= 0.3 is 0 Å². The second-order valence-corrected chi connectivity index (χ2v) is 10.1. The van der Waals surface area contributed by atoms with Crippen molar-refractivity contribution in [3.63, 3.8) is 0 Å². The van der Waals surface area contributed by atoms with Crippen LogP contribution < -0.4 is 10.1 Å². The fourth-order valence-electron chi connectivity index (χ4n) is 4.12. The summed E-state index contributed by atoms with van der Waals surface area (Å²) in [4.78, 5) is 14.7. The van der Waals surface area contributed by atoms with Gasteiger partial charge in [-0.25, -0.2) is 8.42 Å². The summed E-state index contributed by atoms with van der Waals surface area (Å²) in [6, 6.07) is 4.82. The number of hydrogen-bond acceptors (Lipinski definition) is 5. The number of anilines is 1. The van der Waals surface area contributed by atoms with Crippen molar-refractivity contribution in [2.24, 2.45) is 5.92 Å². The van der Waals surface area contributed by atoms with Crippen molar-refractivity contribution in [3.05, 3.63) is 18.2 Å². The highest BCUT2D eigenvalue weighted by atomic mass is 32.2. The summed E-state index contributed by atoms with van der Waals surface area (Å²) in [5.41, 5.74) is 0.529. The topological polar surface area (TPSA) is 79.0 Å². The van der Waals surface area contributed by atoms with Gasteiger partial charge in [-0.15, -0.1) is 0 Å². The molecule has 8 heteroatoms. The quantitative estimate of drug-likeness (QED) is 0.761. The monoisotopic (exact) mass is 423 g/mol. The molecule has 2 saturated heterocycles. The molecule has 2 fully saturated rings. The number of nitrogens with zero attached hydrogens (tertiary/aromatic N) is 2. The minimum Gasteiger partial charge on any atom is -0.495 e. The molecule has 1 atom stereocenters. The van der Waals surface area contributed by atoms with E-state index in [0.29, 0.717) is 30.4 Å². The average molecular weight is 424 g/mol. The van der Waals surface area contributed by atoms with Crippen LogP contribution in [0, 0.1) is 5.92 Å². The first-order valence-electron chi connectivity index (χ1n) is 10.6. The van der Waals surface area contributed by atoms with Gasteiger partial charge < -0.3 is 15.0 Å². The molecule has 1 amide bonds. The van der Waals surface area contributed by atoms with E-state index in [4.69, 9.17) is 4.74 Å². The Hall–Kier alpha value is -1.80. The van der Waals surface area contributed by atoms with Crippen LogP contribution in [0.4, 0.5) is 5.69 Å². The zero-order chi connectivity index (χ0) is 20.9. The van der Waals surface area contributed by atoms with Gasteiger partial charge in [0.25, 0.3) is 0 Å². The third-order valence-corrected chi connectivity index (χ3v) is 7.71. The summed E-state index contributed by atoms with van der Waals surface area (Å²) >= 11 is 0. The molecule has 1 N–H and O–H groups in total. The Bertz CT molecular complexity index is 804. The lowest BCUT2D eigenvalue weighted by Gasteiger charge is -2.31. The predicted octanol–water partition coefficient (Wildman–Crippen LogP) is 2.93. The molecule has 0 aliphatic carbocycles. The standard InChI is InChI=1S/C21H33N3O4S/c1-17-8-7-11-23(16-17)21(25)15-22-19-14-18(9-10-20(19)28-2)29(26,27)24-12-5-3-4-6-13-24/h9-10,14,17,22H,3-8,11-13,15-16H2,1-2H3. The summed E-state index contributed by atoms with van der Waals surface area (Å²) in [5.74, 6) is 1.07. The van der Waals surface area contributed by atoms with Crippen LogP contribution in [0.3, 0.4) is 0 Å². The van der Waals surface area contributed by atoms with Crippen molar-refractivity contribution in [1.82, 2.24) is 9.21 Å². The maximum absolute atomic E-state index is 13.1. The molecule has 29 heavy (non-hydrogen) atoms. The first-order chi connectivity index (χ1) is 13.9. The molecule has 2 heterocycles. The van der Waals surface area contributed by atoms with Gasteiger partial charge in [-0.3, -0.25) is 4.79 Å². The Morgan fingerprint density at radius 2 is 1.86 bits per heavy atom. The maximum atomic E-state index is 13.1. The number of rotatable bonds is 6. The summed E-state index contributed by atoms with van der Waals surface area (Å²) in [6.07, 6.45) is 6.10. The van der Waals surface area contributed by atoms with E-state index in [0.717, 1.165) is 51.6 Å². The number of piperidine rings is 1. The number of benzene rings is 1. The normalized spacial score (nSPS) is 21.4.